The van der Waals surface area contributed by atoms with Crippen LogP contribution in [0, 0.1) is 5.92 Å². The van der Waals surface area contributed by atoms with Crippen molar-refractivity contribution >= 4 is 33.2 Å². The average Bonchev–Trinajstić information content (AvgIpc) is 3.41. The minimum absolute atomic E-state index is 0.0322. The van der Waals surface area contributed by atoms with Crippen LogP contribution in [0.4, 0.5) is 11.4 Å². The molecule has 0 aliphatic carbocycles. The number of anilines is 2. The van der Waals surface area contributed by atoms with Crippen LogP contribution in [0.15, 0.2) is 47.4 Å². The molecule has 2 amide bonds. The van der Waals surface area contributed by atoms with Crippen LogP contribution in [-0.2, 0) is 32.6 Å². The average molecular weight is 525 g/mol. The maximum Gasteiger partial charge on any atom is 0.243 e. The molecule has 0 atom stereocenters. The van der Waals surface area contributed by atoms with Gasteiger partial charge in [0.2, 0.25) is 21.8 Å². The summed E-state index contributed by atoms with van der Waals surface area (Å²) in [6.07, 6.45) is 5.04. The SMILES string of the molecule is CC(=O)N1CCCc2cc(S(=O)(=O)N3CCC(C(=O)Nc4cccc(CN5CCCC5)c4)CC3)ccc21. The van der Waals surface area contributed by atoms with Gasteiger partial charge in [0.25, 0.3) is 0 Å². The second-order valence-corrected chi connectivity index (χ2v) is 12.4. The van der Waals surface area contributed by atoms with E-state index in [4.69, 9.17) is 0 Å². The lowest BCUT2D eigenvalue weighted by Gasteiger charge is -2.32. The fourth-order valence-electron chi connectivity index (χ4n) is 5.76. The van der Waals surface area contributed by atoms with Crippen molar-refractivity contribution in [2.45, 2.75) is 56.9 Å². The number of benzene rings is 2. The number of hydrogen-bond donors (Lipinski definition) is 1. The number of carbonyl (C=O) groups excluding carboxylic acids is 2. The van der Waals surface area contributed by atoms with Crippen LogP contribution in [0.5, 0.6) is 0 Å². The summed E-state index contributed by atoms with van der Waals surface area (Å²) in [5.41, 5.74) is 3.68. The van der Waals surface area contributed by atoms with Gasteiger partial charge in [0.05, 0.1) is 4.90 Å². The molecule has 8 nitrogen and oxygen atoms in total. The normalized spacial score (nSPS) is 19.5. The van der Waals surface area contributed by atoms with E-state index in [1.165, 1.54) is 29.6 Å². The Labute approximate surface area is 219 Å². The molecule has 3 aliphatic rings. The standard InChI is InChI=1S/C28H36N4O4S/c1-21(33)32-15-5-7-24-19-26(9-10-27(24)32)37(35,36)31-16-11-23(12-17-31)28(34)29-25-8-4-6-22(18-25)20-30-13-2-3-14-30/h4,6,8-10,18-19,23H,2-3,5,7,11-17,20H2,1H3,(H,29,34). The lowest BCUT2D eigenvalue weighted by molar-refractivity contribution is -0.121. The first-order chi connectivity index (χ1) is 17.8. The fraction of sp³-hybridized carbons (Fsp3) is 0.500. The number of rotatable bonds is 6. The molecule has 3 heterocycles. The van der Waals surface area contributed by atoms with Crippen LogP contribution in [0.3, 0.4) is 0 Å². The molecule has 37 heavy (non-hydrogen) atoms. The Kier molecular flexibility index (Phi) is 7.65. The molecular formula is C28H36N4O4S. The highest BCUT2D eigenvalue weighted by Crippen LogP contribution is 2.32. The molecule has 0 saturated carbocycles. The van der Waals surface area contributed by atoms with E-state index in [-0.39, 0.29) is 22.6 Å². The third-order valence-corrected chi connectivity index (χ3v) is 9.71. The Hall–Kier alpha value is -2.75. The zero-order valence-electron chi connectivity index (χ0n) is 21.5. The van der Waals surface area contributed by atoms with E-state index < -0.39 is 10.0 Å². The summed E-state index contributed by atoms with van der Waals surface area (Å²) in [6, 6.07) is 13.1. The minimum atomic E-state index is -3.66. The third kappa shape index (κ3) is 5.73. The van der Waals surface area contributed by atoms with Gasteiger partial charge in [-0.3, -0.25) is 14.5 Å². The first-order valence-electron chi connectivity index (χ1n) is 13.3. The van der Waals surface area contributed by atoms with Crippen LogP contribution in [0.25, 0.3) is 0 Å². The summed E-state index contributed by atoms with van der Waals surface area (Å²) < 4.78 is 28.2. The van der Waals surface area contributed by atoms with Crippen molar-refractivity contribution < 1.29 is 18.0 Å². The number of likely N-dealkylation sites (tertiary alicyclic amines) is 1. The van der Waals surface area contributed by atoms with Gasteiger partial charge in [-0.25, -0.2) is 8.42 Å². The van der Waals surface area contributed by atoms with E-state index in [1.807, 2.05) is 18.2 Å². The molecule has 1 N–H and O–H groups in total. The van der Waals surface area contributed by atoms with Crippen LogP contribution >= 0.6 is 0 Å². The molecule has 2 aromatic rings. The summed E-state index contributed by atoms with van der Waals surface area (Å²) in [5.74, 6) is -0.301. The number of amides is 2. The Morgan fingerprint density at radius 1 is 0.946 bits per heavy atom. The summed E-state index contributed by atoms with van der Waals surface area (Å²) in [6.45, 7) is 5.96. The van der Waals surface area contributed by atoms with Crippen molar-refractivity contribution in [2.24, 2.45) is 5.92 Å². The number of sulfonamides is 1. The lowest BCUT2D eigenvalue weighted by atomic mass is 9.97. The van der Waals surface area contributed by atoms with Crippen molar-refractivity contribution in [3.05, 3.63) is 53.6 Å². The number of carbonyl (C=O) groups is 2. The zero-order chi connectivity index (χ0) is 26.0. The second kappa shape index (κ2) is 10.9. The van der Waals surface area contributed by atoms with Gasteiger partial charge in [0.15, 0.2) is 0 Å². The maximum atomic E-state index is 13.4. The Balaban J connectivity index is 1.19. The molecule has 5 rings (SSSR count). The highest BCUT2D eigenvalue weighted by Gasteiger charge is 2.33. The fourth-order valence-corrected chi connectivity index (χ4v) is 7.28. The number of aryl methyl sites for hydroxylation is 1. The van der Waals surface area contributed by atoms with Crippen molar-refractivity contribution in [2.75, 3.05) is 42.9 Å². The van der Waals surface area contributed by atoms with Crippen molar-refractivity contribution in [1.82, 2.24) is 9.21 Å². The van der Waals surface area contributed by atoms with Crippen molar-refractivity contribution in [3.8, 4) is 0 Å². The van der Waals surface area contributed by atoms with Gasteiger partial charge >= 0.3 is 0 Å². The van der Waals surface area contributed by atoms with Gasteiger partial charge in [0, 0.05) is 50.4 Å². The zero-order valence-corrected chi connectivity index (χ0v) is 22.3. The summed E-state index contributed by atoms with van der Waals surface area (Å²) >= 11 is 0. The molecule has 198 valence electrons. The molecule has 2 saturated heterocycles. The van der Waals surface area contributed by atoms with E-state index >= 15 is 0 Å². The largest absolute Gasteiger partial charge is 0.326 e. The molecule has 0 bridgehead atoms. The molecule has 2 fully saturated rings. The predicted octanol–water partition coefficient (Wildman–Crippen LogP) is 3.62. The monoisotopic (exact) mass is 524 g/mol. The molecule has 9 heteroatoms. The van der Waals surface area contributed by atoms with E-state index in [1.54, 1.807) is 23.1 Å². The minimum Gasteiger partial charge on any atom is -0.326 e. The highest BCUT2D eigenvalue weighted by molar-refractivity contribution is 7.89. The Morgan fingerprint density at radius 2 is 1.70 bits per heavy atom. The second-order valence-electron chi connectivity index (χ2n) is 10.4. The third-order valence-electron chi connectivity index (χ3n) is 7.81. The maximum absolute atomic E-state index is 13.4. The van der Waals surface area contributed by atoms with Gasteiger partial charge < -0.3 is 10.2 Å². The highest BCUT2D eigenvalue weighted by atomic mass is 32.2. The van der Waals surface area contributed by atoms with E-state index in [2.05, 4.69) is 16.3 Å². The molecule has 3 aliphatic heterocycles. The Bertz CT molecular complexity index is 1260. The molecule has 0 aromatic heterocycles. The van der Waals surface area contributed by atoms with E-state index in [9.17, 15) is 18.0 Å². The summed E-state index contributed by atoms with van der Waals surface area (Å²) in [4.78, 5) is 29.3. The molecule has 0 radical (unpaired) electrons. The number of nitrogens with one attached hydrogen (secondary N) is 1. The van der Waals surface area contributed by atoms with Crippen molar-refractivity contribution in [3.63, 3.8) is 0 Å². The number of hydrogen-bond acceptors (Lipinski definition) is 5. The molecular weight excluding hydrogens is 488 g/mol. The van der Waals surface area contributed by atoms with Crippen LogP contribution in [-0.4, -0.2) is 62.2 Å². The van der Waals surface area contributed by atoms with Gasteiger partial charge in [-0.15, -0.1) is 0 Å². The van der Waals surface area contributed by atoms with Crippen molar-refractivity contribution in [1.29, 1.82) is 0 Å². The Morgan fingerprint density at radius 3 is 2.43 bits per heavy atom. The van der Waals surface area contributed by atoms with E-state index in [0.717, 1.165) is 49.4 Å². The molecule has 0 spiro atoms. The number of fused-ring (bicyclic) bond motifs is 1. The smallest absolute Gasteiger partial charge is 0.243 e. The predicted molar refractivity (Wildman–Crippen MR) is 144 cm³/mol. The first-order valence-corrected chi connectivity index (χ1v) is 14.8. The lowest BCUT2D eigenvalue weighted by Crippen LogP contribution is -2.41. The van der Waals surface area contributed by atoms with E-state index in [0.29, 0.717) is 32.5 Å². The quantitative estimate of drug-likeness (QED) is 0.624. The number of nitrogens with zero attached hydrogens (tertiary/aromatic N) is 3. The summed E-state index contributed by atoms with van der Waals surface area (Å²) in [7, 11) is -3.66. The van der Waals surface area contributed by atoms with Gasteiger partial charge in [-0.05, 0) is 93.1 Å². The first kappa shape index (κ1) is 25.9. The van der Waals surface area contributed by atoms with Gasteiger partial charge in [-0.2, -0.15) is 4.31 Å². The topological polar surface area (TPSA) is 90.0 Å². The van der Waals surface area contributed by atoms with Gasteiger partial charge in [0.1, 0.15) is 0 Å². The molecule has 0 unspecified atom stereocenters. The number of piperidine rings is 1. The molecule has 2 aromatic carbocycles. The van der Waals surface area contributed by atoms with Crippen LogP contribution < -0.4 is 10.2 Å². The van der Waals surface area contributed by atoms with Gasteiger partial charge in [-0.1, -0.05) is 12.1 Å². The van der Waals surface area contributed by atoms with Crippen LogP contribution in [0.1, 0.15) is 50.2 Å². The van der Waals surface area contributed by atoms with Crippen LogP contribution in [0.2, 0.25) is 0 Å². The summed E-state index contributed by atoms with van der Waals surface area (Å²) in [5, 5.41) is 3.05.